The number of aliphatic hydroxyl groups excluding tert-OH is 2. The fourth-order valence-electron chi connectivity index (χ4n) is 7.93. The first-order chi connectivity index (χ1) is 19.9. The van der Waals surface area contributed by atoms with E-state index in [1.165, 1.54) is 14.0 Å². The first-order valence-corrected chi connectivity index (χ1v) is 14.9. The Hall–Kier alpha value is -2.73. The molecule has 0 amide bonds. The molecule has 2 saturated heterocycles. The van der Waals surface area contributed by atoms with Crippen molar-refractivity contribution >= 4 is 17.7 Å². The summed E-state index contributed by atoms with van der Waals surface area (Å²) in [4.78, 5) is 44.2. The van der Waals surface area contributed by atoms with Gasteiger partial charge >= 0.3 is 11.9 Å². The van der Waals surface area contributed by atoms with Gasteiger partial charge in [0.15, 0.2) is 5.76 Å². The molecule has 3 fully saturated rings. The molecule has 1 saturated carbocycles. The van der Waals surface area contributed by atoms with Crippen LogP contribution in [-0.2, 0) is 33.3 Å². The van der Waals surface area contributed by atoms with Crippen LogP contribution >= 0.6 is 0 Å². The molecule has 11 nitrogen and oxygen atoms in total. The van der Waals surface area contributed by atoms with E-state index in [9.17, 15) is 24.6 Å². The molecule has 0 aromatic carbocycles. The highest BCUT2D eigenvalue weighted by molar-refractivity contribution is 6.13. The third kappa shape index (κ3) is 5.08. The number of hydrogen-bond acceptors (Lipinski definition) is 11. The van der Waals surface area contributed by atoms with Crippen molar-refractivity contribution in [2.45, 2.75) is 64.8 Å². The number of morpholine rings is 1. The van der Waals surface area contributed by atoms with Crippen LogP contribution in [0.4, 0.5) is 0 Å². The topological polar surface area (TPSA) is 135 Å². The van der Waals surface area contributed by atoms with E-state index in [1.807, 2.05) is 25.8 Å². The Morgan fingerprint density at radius 2 is 1.93 bits per heavy atom. The summed E-state index contributed by atoms with van der Waals surface area (Å²) in [6.07, 6.45) is 1.40. The van der Waals surface area contributed by atoms with Gasteiger partial charge in [0.05, 0.1) is 36.9 Å². The van der Waals surface area contributed by atoms with Crippen LogP contribution in [0.5, 0.6) is 0 Å². The predicted molar refractivity (Wildman–Crippen MR) is 151 cm³/mol. The van der Waals surface area contributed by atoms with Crippen molar-refractivity contribution in [1.82, 2.24) is 9.80 Å². The molecule has 232 valence electrons. The number of nitrogens with zero attached hydrogens (tertiary/aromatic N) is 2. The number of hydrogen-bond donors (Lipinski definition) is 2. The summed E-state index contributed by atoms with van der Waals surface area (Å²) < 4.78 is 22.8. The van der Waals surface area contributed by atoms with E-state index in [4.69, 9.17) is 18.9 Å². The maximum atomic E-state index is 14.1. The number of ketones is 1. The lowest BCUT2D eigenvalue weighted by molar-refractivity contribution is -0.161. The number of carbonyl (C=O) groups is 3. The summed E-state index contributed by atoms with van der Waals surface area (Å²) in [6.45, 7) is 9.78. The molecule has 0 radical (unpaired) electrons. The van der Waals surface area contributed by atoms with Crippen LogP contribution in [0.2, 0.25) is 0 Å². The largest absolute Gasteiger partial charge is 0.504 e. The number of esters is 2. The van der Waals surface area contributed by atoms with Crippen LogP contribution < -0.4 is 0 Å². The molecule has 5 rings (SSSR count). The van der Waals surface area contributed by atoms with Gasteiger partial charge in [0.2, 0.25) is 5.78 Å². The average Bonchev–Trinajstić information content (AvgIpc) is 3.23. The van der Waals surface area contributed by atoms with E-state index < -0.39 is 52.6 Å². The Bertz CT molecular complexity index is 1220. The van der Waals surface area contributed by atoms with Gasteiger partial charge in [0.25, 0.3) is 0 Å². The van der Waals surface area contributed by atoms with Gasteiger partial charge < -0.3 is 34.1 Å². The minimum absolute atomic E-state index is 0.00398. The first-order valence-electron chi connectivity index (χ1n) is 14.9. The van der Waals surface area contributed by atoms with Crippen molar-refractivity contribution in [3.8, 4) is 0 Å². The Labute approximate surface area is 247 Å². The van der Waals surface area contributed by atoms with Crippen LogP contribution in [0.3, 0.4) is 0 Å². The fraction of sp³-hybridized carbons (Fsp3) is 0.710. The lowest BCUT2D eigenvalue weighted by Crippen LogP contribution is -2.57. The molecule has 5 aliphatic rings. The second kappa shape index (κ2) is 11.7. The second-order valence-electron chi connectivity index (χ2n) is 12.7. The Kier molecular flexibility index (Phi) is 8.59. The molecule has 2 aliphatic heterocycles. The van der Waals surface area contributed by atoms with Gasteiger partial charge in [-0.2, -0.15) is 0 Å². The van der Waals surface area contributed by atoms with Gasteiger partial charge in [0.1, 0.15) is 12.2 Å². The third-order valence-corrected chi connectivity index (χ3v) is 10.1. The molecule has 0 bridgehead atoms. The second-order valence-corrected chi connectivity index (χ2v) is 12.7. The van der Waals surface area contributed by atoms with Crippen molar-refractivity contribution in [1.29, 1.82) is 0 Å². The minimum Gasteiger partial charge on any atom is -0.504 e. The lowest BCUT2D eigenvalue weighted by Gasteiger charge is -2.54. The van der Waals surface area contributed by atoms with E-state index in [1.54, 1.807) is 6.20 Å². The molecule has 0 aromatic heterocycles. The molecule has 2 heterocycles. The number of Topliss-reactive ketones (excluding diaryl/α,β-unsaturated/α-hetero) is 1. The quantitative estimate of drug-likeness (QED) is 0.318. The average molecular weight is 589 g/mol. The van der Waals surface area contributed by atoms with Crippen LogP contribution in [-0.4, -0.2) is 116 Å². The SMILES string of the molecule is COCC1OC(=O)/C(=C/N(C)CCCN2CCOCC2)C2=C(O)C(=O)C3=C(C(OC(C)=O)CC4(C)C(O)CCC34)C21C. The highest BCUT2D eigenvalue weighted by Gasteiger charge is 2.64. The van der Waals surface area contributed by atoms with Crippen molar-refractivity contribution in [3.05, 3.63) is 34.3 Å². The number of allylic oxidation sites excluding steroid dienone is 1. The molecule has 42 heavy (non-hydrogen) atoms. The molecule has 3 aliphatic carbocycles. The molecule has 11 heteroatoms. The van der Waals surface area contributed by atoms with Gasteiger partial charge in [-0.1, -0.05) is 6.92 Å². The van der Waals surface area contributed by atoms with Crippen LogP contribution in [0, 0.1) is 16.7 Å². The van der Waals surface area contributed by atoms with Crippen LogP contribution in [0.1, 0.15) is 46.5 Å². The zero-order valence-corrected chi connectivity index (χ0v) is 25.3. The monoisotopic (exact) mass is 588 g/mol. The predicted octanol–water partition coefficient (Wildman–Crippen LogP) is 1.91. The van der Waals surface area contributed by atoms with Crippen LogP contribution in [0.25, 0.3) is 0 Å². The number of methoxy groups -OCH3 is 1. The van der Waals surface area contributed by atoms with Crippen LogP contribution in [0.15, 0.2) is 34.3 Å². The molecular formula is C31H44N2O9. The number of aliphatic hydroxyl groups is 2. The molecule has 6 unspecified atom stereocenters. The molecule has 0 aromatic rings. The highest BCUT2D eigenvalue weighted by atomic mass is 16.6. The smallest absolute Gasteiger partial charge is 0.340 e. The normalized spacial score (nSPS) is 36.0. The summed E-state index contributed by atoms with van der Waals surface area (Å²) in [7, 11) is 3.34. The molecular weight excluding hydrogens is 544 g/mol. The molecule has 2 N–H and O–H groups in total. The van der Waals surface area contributed by atoms with Crippen molar-refractivity contribution in [2.75, 3.05) is 60.2 Å². The number of fused-ring (bicyclic) bond motifs is 4. The van der Waals surface area contributed by atoms with E-state index in [-0.39, 0.29) is 23.7 Å². The zero-order chi connectivity index (χ0) is 30.4. The van der Waals surface area contributed by atoms with Gasteiger partial charge in [0, 0.05) is 70.0 Å². The summed E-state index contributed by atoms with van der Waals surface area (Å²) >= 11 is 0. The number of cyclic esters (lactones) is 1. The van der Waals surface area contributed by atoms with E-state index in [0.29, 0.717) is 37.0 Å². The number of ether oxygens (including phenoxy) is 4. The Morgan fingerprint density at radius 3 is 2.60 bits per heavy atom. The van der Waals surface area contributed by atoms with Gasteiger partial charge in [-0.15, -0.1) is 0 Å². The van der Waals surface area contributed by atoms with Gasteiger partial charge in [-0.05, 0) is 44.1 Å². The van der Waals surface area contributed by atoms with Gasteiger partial charge in [-0.3, -0.25) is 14.5 Å². The standard InChI is InChI=1S/C31H44N2O9/c1-18(34)41-21-15-30(2)20(7-8-22(30)35)24-26(21)31(3)23(17-39-5)42-29(38)19(25(31)28(37)27(24)36)16-32(4)9-6-10-33-11-13-40-14-12-33/h16,20-23,35,37H,6-15,17H2,1-5H3/b19-16+. The lowest BCUT2D eigenvalue weighted by atomic mass is 9.53. The first kappa shape index (κ1) is 30.7. The minimum atomic E-state index is -1.22. The number of carbonyl (C=O) groups excluding carboxylic acids is 3. The fourth-order valence-corrected chi connectivity index (χ4v) is 7.93. The Balaban J connectivity index is 1.56. The summed E-state index contributed by atoms with van der Waals surface area (Å²) in [5, 5.41) is 22.6. The maximum absolute atomic E-state index is 14.1. The highest BCUT2D eigenvalue weighted by Crippen LogP contribution is 2.63. The van der Waals surface area contributed by atoms with Crippen molar-refractivity contribution in [2.24, 2.45) is 16.7 Å². The van der Waals surface area contributed by atoms with Crippen molar-refractivity contribution < 1.29 is 43.5 Å². The van der Waals surface area contributed by atoms with E-state index in [2.05, 4.69) is 4.90 Å². The summed E-state index contributed by atoms with van der Waals surface area (Å²) in [5.74, 6) is -2.63. The summed E-state index contributed by atoms with van der Waals surface area (Å²) in [6, 6.07) is 0. The molecule has 0 spiro atoms. The van der Waals surface area contributed by atoms with Gasteiger partial charge in [-0.25, -0.2) is 4.79 Å². The third-order valence-electron chi connectivity index (χ3n) is 10.1. The van der Waals surface area contributed by atoms with Crippen molar-refractivity contribution in [3.63, 3.8) is 0 Å². The Morgan fingerprint density at radius 1 is 1.21 bits per heavy atom. The number of rotatable bonds is 8. The van der Waals surface area contributed by atoms with E-state index in [0.717, 1.165) is 39.3 Å². The summed E-state index contributed by atoms with van der Waals surface area (Å²) in [5.41, 5.74) is -0.784. The molecule has 6 atom stereocenters. The van der Waals surface area contributed by atoms with E-state index >= 15 is 0 Å². The zero-order valence-electron chi connectivity index (χ0n) is 25.3. The maximum Gasteiger partial charge on any atom is 0.340 e.